The number of halogens is 2. The van der Waals surface area contributed by atoms with Crippen LogP contribution in [0.1, 0.15) is 71.3 Å². The van der Waals surface area contributed by atoms with E-state index >= 15 is 0 Å². The molecule has 1 aromatic carbocycles. The molecule has 0 unspecified atom stereocenters. The number of hydrogen-bond donors (Lipinski definition) is 2. The Bertz CT molecular complexity index is 2030. The average molecular weight is 841 g/mol. The summed E-state index contributed by atoms with van der Waals surface area (Å²) in [5.41, 5.74) is 5.64. The van der Waals surface area contributed by atoms with Crippen molar-refractivity contribution in [1.82, 2.24) is 25.2 Å². The molecule has 2 aromatic heterocycles. The van der Waals surface area contributed by atoms with Gasteiger partial charge in [-0.3, -0.25) is 19.6 Å². The fourth-order valence-corrected chi connectivity index (χ4v) is 8.99. The van der Waals surface area contributed by atoms with Gasteiger partial charge in [-0.05, 0) is 88.5 Å². The minimum absolute atomic E-state index is 0. The Balaban J connectivity index is 0.000000442. The number of aliphatic imine (C=N–C) groups is 1. The third-order valence-corrected chi connectivity index (χ3v) is 12.3. The van der Waals surface area contributed by atoms with Crippen LogP contribution in [0.2, 0.25) is 10.0 Å². The number of amides is 2. The largest absolute Gasteiger partial charge is 1.00 e. The predicted molar refractivity (Wildman–Crippen MR) is 223 cm³/mol. The summed E-state index contributed by atoms with van der Waals surface area (Å²) in [6, 6.07) is 11.1. The van der Waals surface area contributed by atoms with E-state index in [1.165, 1.54) is 51.8 Å². The summed E-state index contributed by atoms with van der Waals surface area (Å²) in [6.45, 7) is 16.4. The van der Waals surface area contributed by atoms with E-state index in [4.69, 9.17) is 37.8 Å². The van der Waals surface area contributed by atoms with Crippen LogP contribution in [0.3, 0.4) is 0 Å². The molecule has 3 aromatic rings. The zero-order valence-electron chi connectivity index (χ0n) is 34.0. The van der Waals surface area contributed by atoms with Gasteiger partial charge in [0.05, 0.1) is 40.8 Å². The molecule has 2 saturated carbocycles. The molecule has 2 aliphatic heterocycles. The van der Waals surface area contributed by atoms with Gasteiger partial charge in [-0.2, -0.15) is 5.41 Å². The number of carbonyl (C=O) groups excluding carboxylic acids is 2. The van der Waals surface area contributed by atoms with E-state index in [-0.39, 0.29) is 74.1 Å². The number of allylic oxidation sites excluding steroid dienone is 2. The Morgan fingerprint density at radius 2 is 1.79 bits per heavy atom. The van der Waals surface area contributed by atoms with Crippen molar-refractivity contribution >= 4 is 47.4 Å². The Morgan fingerprint density at radius 1 is 1.07 bits per heavy atom. The van der Waals surface area contributed by atoms with Gasteiger partial charge in [0.25, 0.3) is 5.91 Å². The number of pyridine rings is 2. The van der Waals surface area contributed by atoms with Crippen molar-refractivity contribution in [2.75, 3.05) is 39.1 Å². The molecule has 1 saturated heterocycles. The summed E-state index contributed by atoms with van der Waals surface area (Å²) >= 11 is 13.7. The number of piperidine rings is 1. The summed E-state index contributed by atoms with van der Waals surface area (Å²) in [4.78, 5) is 46.0. The maximum atomic E-state index is 13.1. The van der Waals surface area contributed by atoms with Crippen LogP contribution in [0.5, 0.6) is 5.88 Å². The van der Waals surface area contributed by atoms with Crippen LogP contribution in [0, 0.1) is 17.8 Å². The molecule has 4 heterocycles. The fraction of sp³-hybridized carbons (Fsp3) is 0.442. The number of nitrogens with zero attached hydrogens (tertiary/aromatic N) is 5. The van der Waals surface area contributed by atoms with Crippen molar-refractivity contribution in [2.24, 2.45) is 15.8 Å². The van der Waals surface area contributed by atoms with Gasteiger partial charge in [-0.15, -0.1) is 5.06 Å². The van der Waals surface area contributed by atoms with Crippen molar-refractivity contribution in [3.63, 3.8) is 0 Å². The second kappa shape index (κ2) is 19.6. The van der Waals surface area contributed by atoms with Gasteiger partial charge in [0, 0.05) is 61.6 Å². The molecule has 11 nitrogen and oxygen atoms in total. The smallest absolute Gasteiger partial charge is 0.497 e. The number of carbonyl (C=O) groups is 2. The molecule has 14 heteroatoms. The first-order valence-electron chi connectivity index (χ1n) is 19.1. The summed E-state index contributed by atoms with van der Waals surface area (Å²) in [5.74, 6) is 0.634. The molecular formula is C43H52Cl2KN7O4. The fourth-order valence-electron chi connectivity index (χ4n) is 8.42. The van der Waals surface area contributed by atoms with Crippen LogP contribution >= 0.6 is 23.2 Å². The molecule has 3 fully saturated rings. The molecule has 2 bridgehead atoms. The zero-order chi connectivity index (χ0) is 40.2. The number of aromatic nitrogens is 2. The number of nitrogens with one attached hydrogen (secondary N) is 2. The number of ether oxygens (including phenoxy) is 1. The molecule has 0 radical (unpaired) electrons. The quantitative estimate of drug-likeness (QED) is 0.0668. The van der Waals surface area contributed by atoms with Crippen molar-refractivity contribution < 1.29 is 70.5 Å². The third-order valence-electron chi connectivity index (χ3n) is 11.5. The average Bonchev–Trinajstić information content (AvgIpc) is 3.87. The Morgan fingerprint density at radius 3 is 2.39 bits per heavy atom. The molecule has 4 aliphatic rings. The monoisotopic (exact) mass is 839 g/mol. The zero-order valence-corrected chi connectivity index (χ0v) is 38.6. The van der Waals surface area contributed by atoms with Crippen molar-refractivity contribution in [2.45, 2.75) is 78.3 Å². The molecule has 2 amide bonds. The van der Waals surface area contributed by atoms with Gasteiger partial charge in [0.2, 0.25) is 11.8 Å². The van der Waals surface area contributed by atoms with E-state index in [0.717, 1.165) is 24.0 Å². The van der Waals surface area contributed by atoms with Gasteiger partial charge in [-0.25, -0.2) is 4.98 Å². The Kier molecular flexibility index (Phi) is 15.6. The van der Waals surface area contributed by atoms with Gasteiger partial charge in [0.15, 0.2) is 0 Å². The molecule has 7 rings (SSSR count). The van der Waals surface area contributed by atoms with Crippen LogP contribution < -0.4 is 66.9 Å². The SMILES string of the molecule is C=N/C(=C\C(OC)=C(C)C)C(=O)Nc1cccc(-c2nccc(-c3ccc4c(n3)ON(C3CCN(C(C)=O)CC3)C4)c2Cl)c1Cl.[CH2-]C12CCC(CNC)(CC1)C2.[K+]. The first kappa shape index (κ1) is 45.4. The third kappa shape index (κ3) is 10.4. The molecule has 0 atom stereocenters. The molecule has 298 valence electrons. The molecule has 57 heavy (non-hydrogen) atoms. The maximum Gasteiger partial charge on any atom is 1.00 e. The second-order valence-electron chi connectivity index (χ2n) is 15.7. The number of rotatable bonds is 10. The van der Waals surface area contributed by atoms with E-state index in [1.54, 1.807) is 37.4 Å². The van der Waals surface area contributed by atoms with Crippen LogP contribution in [0.25, 0.3) is 22.5 Å². The van der Waals surface area contributed by atoms with Crippen molar-refractivity contribution in [1.29, 1.82) is 0 Å². The number of likely N-dealkylation sites (tertiary alicyclic amines) is 1. The standard InChI is InChI=1S/C33H34Cl2N6O4.C10H18N.K/c1-19(2)28(44-5)17-27(36-4)32(43)38-26-8-6-7-24(29(26)34)31-30(35)23(11-14-37-31)25-10-9-21-18-41(45-33(21)39-25)22-12-15-40(16-13-22)20(3)42;1-9-3-5-10(7-9,6-4-9)8-11-2;/h6-11,14,17,22H,4,12-13,15-16,18H2,1-3,5H3,(H,38,43);11H,1,3-8H2,2H3;/q;-1;+1/b27-17-;;. The van der Waals surface area contributed by atoms with Gasteiger partial charge in [-0.1, -0.05) is 54.6 Å². The van der Waals surface area contributed by atoms with Crippen molar-refractivity contribution in [3.8, 4) is 28.4 Å². The normalized spacial score (nSPS) is 21.4. The molecule has 0 spiro atoms. The maximum absolute atomic E-state index is 13.1. The van der Waals surface area contributed by atoms with E-state index in [2.05, 4.69) is 41.3 Å². The van der Waals surface area contributed by atoms with E-state index < -0.39 is 5.91 Å². The minimum Gasteiger partial charge on any atom is -0.497 e. The predicted octanol–water partition coefficient (Wildman–Crippen LogP) is 5.70. The van der Waals surface area contributed by atoms with Gasteiger partial charge < -0.3 is 32.0 Å². The Hall–Kier alpha value is -2.65. The van der Waals surface area contributed by atoms with Gasteiger partial charge >= 0.3 is 51.4 Å². The Labute approximate surface area is 389 Å². The summed E-state index contributed by atoms with van der Waals surface area (Å²) in [5, 5.41) is 8.68. The number of hydrogen-bond acceptors (Lipinski definition) is 9. The van der Waals surface area contributed by atoms with E-state index in [1.807, 2.05) is 35.9 Å². The summed E-state index contributed by atoms with van der Waals surface area (Å²) in [6.07, 6.45) is 11.8. The topological polar surface area (TPSA) is 121 Å². The van der Waals surface area contributed by atoms with E-state index in [9.17, 15) is 9.59 Å². The van der Waals surface area contributed by atoms with Crippen molar-refractivity contribution in [3.05, 3.63) is 88.2 Å². The second-order valence-corrected chi connectivity index (χ2v) is 16.4. The van der Waals surface area contributed by atoms with Crippen LogP contribution in [0.4, 0.5) is 5.69 Å². The van der Waals surface area contributed by atoms with Crippen LogP contribution in [0.15, 0.2) is 70.7 Å². The first-order chi connectivity index (χ1) is 26.8. The van der Waals surface area contributed by atoms with Crippen LogP contribution in [-0.2, 0) is 20.9 Å². The molecule has 2 aliphatic carbocycles. The number of anilines is 1. The van der Waals surface area contributed by atoms with Gasteiger partial charge in [0.1, 0.15) is 11.5 Å². The summed E-state index contributed by atoms with van der Waals surface area (Å²) in [7, 11) is 3.58. The summed E-state index contributed by atoms with van der Waals surface area (Å²) < 4.78 is 5.33. The number of benzene rings is 1. The number of hydroxylamine groups is 2. The molecule has 2 N–H and O–H groups in total. The number of methoxy groups -OCH3 is 1. The minimum atomic E-state index is -0.506. The number of fused-ring (bicyclic) bond motifs is 3. The van der Waals surface area contributed by atoms with E-state index in [0.29, 0.717) is 75.3 Å². The van der Waals surface area contributed by atoms with Crippen LogP contribution in [-0.4, -0.2) is 78.3 Å². The first-order valence-corrected chi connectivity index (χ1v) is 19.9. The molecular weight excluding hydrogens is 789 g/mol.